The topological polar surface area (TPSA) is 105 Å². The molecule has 0 aliphatic carbocycles. The van der Waals surface area contributed by atoms with Gasteiger partial charge in [-0.1, -0.05) is 24.3 Å². The largest absolute Gasteiger partial charge is 0.478 e. The molecule has 0 amide bonds. The van der Waals surface area contributed by atoms with Crippen LogP contribution in [0.25, 0.3) is 28.7 Å². The molecule has 0 bridgehead atoms. The summed E-state index contributed by atoms with van der Waals surface area (Å²) >= 11 is 0. The summed E-state index contributed by atoms with van der Waals surface area (Å²) in [6, 6.07) is 17.4. The van der Waals surface area contributed by atoms with Gasteiger partial charge >= 0.3 is 5.97 Å². The second-order valence-electron chi connectivity index (χ2n) is 8.78. The van der Waals surface area contributed by atoms with E-state index in [1.165, 1.54) is 12.1 Å². The zero-order valence-corrected chi connectivity index (χ0v) is 20.2. The number of imidazole rings is 1. The maximum atomic E-state index is 14.9. The highest BCUT2D eigenvalue weighted by Crippen LogP contribution is 2.30. The summed E-state index contributed by atoms with van der Waals surface area (Å²) in [5.74, 6) is -1.46. The number of carboxylic acid groups (broad SMARTS) is 1. The minimum atomic E-state index is -1.20. The van der Waals surface area contributed by atoms with Crippen molar-refractivity contribution in [3.8, 4) is 0 Å². The molecule has 2 aromatic carbocycles. The van der Waals surface area contributed by atoms with Crippen LogP contribution in [0.5, 0.6) is 0 Å². The Morgan fingerprint density at radius 1 is 1.03 bits per heavy atom. The summed E-state index contributed by atoms with van der Waals surface area (Å²) in [5.41, 5.74) is 3.59. The smallest absolute Gasteiger partial charge is 0.335 e. The quantitative estimate of drug-likeness (QED) is 0.334. The van der Waals surface area contributed by atoms with Gasteiger partial charge in [-0.15, -0.1) is 0 Å². The molecule has 1 aliphatic rings. The van der Waals surface area contributed by atoms with Gasteiger partial charge < -0.3 is 20.1 Å². The second kappa shape index (κ2) is 9.91. The second-order valence-corrected chi connectivity index (χ2v) is 8.78. The minimum Gasteiger partial charge on any atom is -0.478 e. The first kappa shape index (κ1) is 23.6. The highest BCUT2D eigenvalue weighted by atomic mass is 19.1. The van der Waals surface area contributed by atoms with Crippen LogP contribution >= 0.6 is 0 Å². The number of benzene rings is 2. The third-order valence-electron chi connectivity index (χ3n) is 6.38. The first-order valence-electron chi connectivity index (χ1n) is 12.1. The van der Waals surface area contributed by atoms with Gasteiger partial charge in [0.2, 0.25) is 0 Å². The molecule has 0 spiro atoms. The number of carbonyl (C=O) groups is 1. The number of hydrogen-bond donors (Lipinski definition) is 2. The molecule has 9 nitrogen and oxygen atoms in total. The fraction of sp³-hybridized carbons (Fsp3) is 0.143. The molecule has 10 heteroatoms. The lowest BCUT2D eigenvalue weighted by molar-refractivity contribution is 0.0696. The Morgan fingerprint density at radius 2 is 1.87 bits per heavy atom. The van der Waals surface area contributed by atoms with Gasteiger partial charge in [0.1, 0.15) is 11.5 Å². The summed E-state index contributed by atoms with van der Waals surface area (Å²) in [4.78, 5) is 23.0. The Morgan fingerprint density at radius 3 is 2.68 bits per heavy atom. The van der Waals surface area contributed by atoms with Crippen molar-refractivity contribution in [2.75, 3.05) is 36.5 Å². The lowest BCUT2D eigenvalue weighted by atomic mass is 10.2. The van der Waals surface area contributed by atoms with Crippen molar-refractivity contribution in [2.45, 2.75) is 0 Å². The molecular formula is C28H23FN6O3. The van der Waals surface area contributed by atoms with E-state index in [1.54, 1.807) is 16.8 Å². The number of carboxylic acids is 1. The number of aromatic carboxylic acids is 1. The maximum absolute atomic E-state index is 14.9. The van der Waals surface area contributed by atoms with Crippen molar-refractivity contribution in [3.05, 3.63) is 89.6 Å². The van der Waals surface area contributed by atoms with Crippen molar-refractivity contribution in [3.63, 3.8) is 0 Å². The van der Waals surface area contributed by atoms with Gasteiger partial charge in [0, 0.05) is 18.5 Å². The van der Waals surface area contributed by atoms with E-state index in [0.29, 0.717) is 43.5 Å². The lowest BCUT2D eigenvalue weighted by Crippen LogP contribution is -2.36. The molecule has 4 heterocycles. The van der Waals surface area contributed by atoms with E-state index < -0.39 is 11.8 Å². The molecule has 190 valence electrons. The van der Waals surface area contributed by atoms with Gasteiger partial charge in [0.15, 0.2) is 11.5 Å². The zero-order chi connectivity index (χ0) is 26.1. The van der Waals surface area contributed by atoms with E-state index in [2.05, 4.69) is 15.3 Å². The Bertz CT molecular complexity index is 1690. The Balaban J connectivity index is 1.44. The number of ether oxygens (including phenoxy) is 1. The molecule has 5 aromatic rings. The van der Waals surface area contributed by atoms with Crippen LogP contribution in [-0.4, -0.2) is 57.0 Å². The van der Waals surface area contributed by atoms with Crippen LogP contribution < -0.4 is 10.2 Å². The summed E-state index contributed by atoms with van der Waals surface area (Å²) in [6.45, 7) is 2.66. The minimum absolute atomic E-state index is 0.105. The molecule has 0 unspecified atom stereocenters. The van der Waals surface area contributed by atoms with Gasteiger partial charge in [0.25, 0.3) is 0 Å². The van der Waals surface area contributed by atoms with Gasteiger partial charge in [0.05, 0.1) is 47.6 Å². The van der Waals surface area contributed by atoms with E-state index in [0.717, 1.165) is 28.4 Å². The van der Waals surface area contributed by atoms with E-state index in [9.17, 15) is 14.3 Å². The number of nitrogens with one attached hydrogen (secondary N) is 1. The molecule has 6 rings (SSSR count). The van der Waals surface area contributed by atoms with Gasteiger partial charge in [-0.3, -0.25) is 0 Å². The van der Waals surface area contributed by atoms with E-state index in [-0.39, 0.29) is 11.3 Å². The van der Waals surface area contributed by atoms with E-state index >= 15 is 0 Å². The molecule has 0 radical (unpaired) electrons. The number of halogens is 1. The number of rotatable bonds is 6. The van der Waals surface area contributed by atoms with Crippen LogP contribution in [-0.2, 0) is 4.74 Å². The third-order valence-corrected chi connectivity index (χ3v) is 6.38. The first-order valence-corrected chi connectivity index (χ1v) is 12.1. The Labute approximate surface area is 216 Å². The molecule has 1 fully saturated rings. The third kappa shape index (κ3) is 4.53. The molecular weight excluding hydrogens is 487 g/mol. The van der Waals surface area contributed by atoms with Crippen molar-refractivity contribution >= 4 is 51.9 Å². The van der Waals surface area contributed by atoms with Crippen LogP contribution in [0.1, 0.15) is 21.7 Å². The molecule has 2 N–H and O–H groups in total. The monoisotopic (exact) mass is 510 g/mol. The molecule has 3 aromatic heterocycles. The van der Waals surface area contributed by atoms with Crippen LogP contribution in [0.2, 0.25) is 0 Å². The molecule has 1 aliphatic heterocycles. The normalized spacial score (nSPS) is 14.0. The fourth-order valence-electron chi connectivity index (χ4n) is 4.45. The number of anilines is 3. The number of nitrogens with zero attached hydrogens (tertiary/aromatic N) is 5. The molecule has 0 saturated carbocycles. The van der Waals surface area contributed by atoms with Gasteiger partial charge in [-0.05, 0) is 48.6 Å². The van der Waals surface area contributed by atoms with E-state index in [4.69, 9.17) is 14.7 Å². The number of para-hydroxylation sites is 1. The van der Waals surface area contributed by atoms with Gasteiger partial charge in [-0.2, -0.15) is 9.61 Å². The fourth-order valence-corrected chi connectivity index (χ4v) is 4.45. The van der Waals surface area contributed by atoms with Crippen LogP contribution in [0.15, 0.2) is 66.9 Å². The predicted molar refractivity (Wildman–Crippen MR) is 143 cm³/mol. The van der Waals surface area contributed by atoms with Crippen LogP contribution in [0, 0.1) is 5.82 Å². The maximum Gasteiger partial charge on any atom is 0.335 e. The summed E-state index contributed by atoms with van der Waals surface area (Å²) in [7, 11) is 0. The van der Waals surface area contributed by atoms with Crippen molar-refractivity contribution < 1.29 is 19.0 Å². The summed E-state index contributed by atoms with van der Waals surface area (Å²) in [5, 5.41) is 17.8. The number of hydrogen-bond acceptors (Lipinski definition) is 7. The SMILES string of the molecule is O=C(O)c1ccc(Nc2c(C=Cc3ccc4ccccc4n3)nc3c(N4CCOCC4)ccnn23)c(F)c1. The van der Waals surface area contributed by atoms with Gasteiger partial charge in [-0.25, -0.2) is 19.2 Å². The van der Waals surface area contributed by atoms with Crippen molar-refractivity contribution in [2.24, 2.45) is 0 Å². The molecule has 1 saturated heterocycles. The first-order chi connectivity index (χ1) is 18.6. The molecule has 0 atom stereocenters. The number of morpholine rings is 1. The standard InChI is InChI=1S/C28H23FN6O3/c29-21-17-19(28(36)37)6-9-23(21)32-26-24(10-8-20-7-5-18-3-1-2-4-22(18)31-20)33-27-25(11-12-30-35(26)27)34-13-15-38-16-14-34/h1-12,17,32H,13-16H2,(H,36,37). The number of pyridine rings is 1. The highest BCUT2D eigenvalue weighted by molar-refractivity contribution is 5.88. The average molecular weight is 511 g/mol. The molecule has 38 heavy (non-hydrogen) atoms. The Kier molecular flexibility index (Phi) is 6.14. The number of fused-ring (bicyclic) bond motifs is 2. The van der Waals surface area contributed by atoms with E-state index in [1.807, 2.05) is 48.5 Å². The van der Waals surface area contributed by atoms with Crippen molar-refractivity contribution in [1.82, 2.24) is 19.6 Å². The van der Waals surface area contributed by atoms with Crippen LogP contribution in [0.3, 0.4) is 0 Å². The van der Waals surface area contributed by atoms with Crippen LogP contribution in [0.4, 0.5) is 21.6 Å². The average Bonchev–Trinajstić information content (AvgIpc) is 3.30. The summed E-state index contributed by atoms with van der Waals surface area (Å²) < 4.78 is 22.0. The van der Waals surface area contributed by atoms with Crippen molar-refractivity contribution in [1.29, 1.82) is 0 Å². The Hall–Kier alpha value is -4.83. The number of aromatic nitrogens is 4. The lowest BCUT2D eigenvalue weighted by Gasteiger charge is -2.28. The highest BCUT2D eigenvalue weighted by Gasteiger charge is 2.21. The zero-order valence-electron chi connectivity index (χ0n) is 20.2. The summed E-state index contributed by atoms with van der Waals surface area (Å²) in [6.07, 6.45) is 5.32. The predicted octanol–water partition coefficient (Wildman–Crippen LogP) is 4.87.